The normalized spacial score (nSPS) is 11.2. The van der Waals surface area contributed by atoms with E-state index in [1.807, 2.05) is 6.92 Å². The van der Waals surface area contributed by atoms with Crippen LogP contribution in [-0.2, 0) is 25.9 Å². The van der Waals surface area contributed by atoms with Crippen LogP contribution in [0, 0.1) is 15.9 Å². The summed E-state index contributed by atoms with van der Waals surface area (Å²) in [5.41, 5.74) is 1.24. The monoisotopic (exact) mass is 451 g/mol. The van der Waals surface area contributed by atoms with Gasteiger partial charge in [-0.05, 0) is 36.1 Å². The maximum Gasteiger partial charge on any atom is 0.332 e. The molecule has 0 atom stereocenters. The summed E-state index contributed by atoms with van der Waals surface area (Å²) in [6.07, 6.45) is 1.38. The lowest BCUT2D eigenvalue weighted by Crippen LogP contribution is -2.40. The molecule has 0 aliphatic heterocycles. The fourth-order valence-corrected chi connectivity index (χ4v) is 3.74. The Morgan fingerprint density at radius 1 is 1.00 bits per heavy atom. The van der Waals surface area contributed by atoms with E-state index in [4.69, 9.17) is 0 Å². The standard InChI is InChI=1S/C23H22FN5O4/c1-2-12-28-22(30)20-21(26-19(25-20)14-16-3-7-17(24)8-4-16)27(23(28)31)13-11-15-5-9-18(10-6-15)29(32)33/h3-10H,2,11-14H2,1H3,(H,25,26). The number of halogens is 1. The second-order valence-corrected chi connectivity index (χ2v) is 7.75. The van der Waals surface area contributed by atoms with E-state index in [-0.39, 0.29) is 35.8 Å². The second kappa shape index (κ2) is 9.19. The lowest BCUT2D eigenvalue weighted by Gasteiger charge is -2.10. The van der Waals surface area contributed by atoms with Crippen molar-refractivity contribution in [2.24, 2.45) is 0 Å². The number of hydrogen-bond acceptors (Lipinski definition) is 5. The molecule has 9 nitrogen and oxygen atoms in total. The Morgan fingerprint density at radius 2 is 1.67 bits per heavy atom. The predicted molar refractivity (Wildman–Crippen MR) is 121 cm³/mol. The smallest absolute Gasteiger partial charge is 0.332 e. The van der Waals surface area contributed by atoms with Crippen molar-refractivity contribution in [3.63, 3.8) is 0 Å². The van der Waals surface area contributed by atoms with Crippen molar-refractivity contribution in [1.82, 2.24) is 19.1 Å². The van der Waals surface area contributed by atoms with Gasteiger partial charge < -0.3 is 4.98 Å². The van der Waals surface area contributed by atoms with Gasteiger partial charge in [0.05, 0.1) is 4.92 Å². The van der Waals surface area contributed by atoms with Crippen LogP contribution in [0.5, 0.6) is 0 Å². The number of hydrogen-bond donors (Lipinski definition) is 1. The van der Waals surface area contributed by atoms with E-state index in [0.29, 0.717) is 25.1 Å². The number of H-pyrrole nitrogens is 1. The first-order valence-corrected chi connectivity index (χ1v) is 10.6. The van der Waals surface area contributed by atoms with Gasteiger partial charge in [-0.25, -0.2) is 14.2 Å². The van der Waals surface area contributed by atoms with Crippen LogP contribution in [-0.4, -0.2) is 24.0 Å². The fraction of sp³-hybridized carbons (Fsp3) is 0.261. The summed E-state index contributed by atoms with van der Waals surface area (Å²) in [6.45, 7) is 2.40. The average Bonchev–Trinajstić information content (AvgIpc) is 3.22. The molecule has 0 saturated heterocycles. The highest BCUT2D eigenvalue weighted by Crippen LogP contribution is 2.15. The van der Waals surface area contributed by atoms with E-state index in [9.17, 15) is 24.1 Å². The largest absolute Gasteiger partial charge is 0.336 e. The number of fused-ring (bicyclic) bond motifs is 1. The fourth-order valence-electron chi connectivity index (χ4n) is 3.74. The van der Waals surface area contributed by atoms with Gasteiger partial charge in [0.15, 0.2) is 5.65 Å². The molecule has 2 aromatic carbocycles. The summed E-state index contributed by atoms with van der Waals surface area (Å²) in [5, 5.41) is 10.9. The molecule has 0 fully saturated rings. The third kappa shape index (κ3) is 4.59. The highest BCUT2D eigenvalue weighted by atomic mass is 19.1. The lowest BCUT2D eigenvalue weighted by atomic mass is 10.1. The van der Waals surface area contributed by atoms with Crippen LogP contribution in [0.4, 0.5) is 10.1 Å². The number of rotatable bonds is 8. The van der Waals surface area contributed by atoms with Crippen LogP contribution in [0.2, 0.25) is 0 Å². The number of aromatic nitrogens is 4. The highest BCUT2D eigenvalue weighted by molar-refractivity contribution is 5.70. The van der Waals surface area contributed by atoms with Crippen LogP contribution >= 0.6 is 0 Å². The molecular formula is C23H22FN5O4. The Hall–Kier alpha value is -4.08. The quantitative estimate of drug-likeness (QED) is 0.326. The van der Waals surface area contributed by atoms with E-state index in [0.717, 1.165) is 11.1 Å². The Morgan fingerprint density at radius 3 is 2.30 bits per heavy atom. The van der Waals surface area contributed by atoms with Crippen molar-refractivity contribution >= 4 is 16.9 Å². The topological polar surface area (TPSA) is 116 Å². The Bertz CT molecular complexity index is 1420. The molecule has 0 radical (unpaired) electrons. The third-order valence-electron chi connectivity index (χ3n) is 5.41. The average molecular weight is 451 g/mol. The number of aromatic amines is 1. The van der Waals surface area contributed by atoms with E-state index in [1.165, 1.54) is 33.4 Å². The Balaban J connectivity index is 1.72. The van der Waals surface area contributed by atoms with Crippen molar-refractivity contribution in [1.29, 1.82) is 0 Å². The van der Waals surface area contributed by atoms with Crippen molar-refractivity contribution in [2.75, 3.05) is 0 Å². The molecule has 0 saturated carbocycles. The molecule has 2 heterocycles. The first kappa shape index (κ1) is 22.1. The molecule has 33 heavy (non-hydrogen) atoms. The molecule has 10 heteroatoms. The summed E-state index contributed by atoms with van der Waals surface area (Å²) >= 11 is 0. The summed E-state index contributed by atoms with van der Waals surface area (Å²) in [4.78, 5) is 44.0. The van der Waals surface area contributed by atoms with Crippen molar-refractivity contribution in [2.45, 2.75) is 39.3 Å². The van der Waals surface area contributed by atoms with Gasteiger partial charge in [-0.1, -0.05) is 31.2 Å². The molecule has 0 amide bonds. The number of non-ortho nitro benzene ring substituents is 1. The van der Waals surface area contributed by atoms with Crippen LogP contribution < -0.4 is 11.2 Å². The minimum Gasteiger partial charge on any atom is -0.336 e. The number of aryl methyl sites for hydroxylation is 2. The summed E-state index contributed by atoms with van der Waals surface area (Å²) < 4.78 is 15.9. The predicted octanol–water partition coefficient (Wildman–Crippen LogP) is 3.18. The van der Waals surface area contributed by atoms with Gasteiger partial charge in [-0.2, -0.15) is 0 Å². The molecule has 0 spiro atoms. The van der Waals surface area contributed by atoms with Crippen molar-refractivity contribution in [3.05, 3.63) is 102 Å². The van der Waals surface area contributed by atoms with Crippen LogP contribution in [0.25, 0.3) is 11.2 Å². The zero-order chi connectivity index (χ0) is 23.5. The van der Waals surface area contributed by atoms with Gasteiger partial charge in [-0.3, -0.25) is 24.0 Å². The minimum atomic E-state index is -0.467. The molecule has 4 aromatic rings. The zero-order valence-electron chi connectivity index (χ0n) is 18.0. The molecule has 0 aliphatic rings. The third-order valence-corrected chi connectivity index (χ3v) is 5.41. The van der Waals surface area contributed by atoms with Crippen LogP contribution in [0.3, 0.4) is 0 Å². The summed E-state index contributed by atoms with van der Waals surface area (Å²) in [7, 11) is 0. The molecule has 1 N–H and O–H groups in total. The molecule has 170 valence electrons. The van der Waals surface area contributed by atoms with Gasteiger partial charge in [0.1, 0.15) is 17.2 Å². The maximum atomic E-state index is 13.2. The van der Waals surface area contributed by atoms with E-state index >= 15 is 0 Å². The molecule has 0 aliphatic carbocycles. The van der Waals surface area contributed by atoms with Crippen molar-refractivity contribution < 1.29 is 9.31 Å². The lowest BCUT2D eigenvalue weighted by molar-refractivity contribution is -0.384. The summed E-state index contributed by atoms with van der Waals surface area (Å²) in [6, 6.07) is 12.1. The maximum absolute atomic E-state index is 13.2. The van der Waals surface area contributed by atoms with E-state index in [2.05, 4.69) is 9.97 Å². The van der Waals surface area contributed by atoms with Gasteiger partial charge >= 0.3 is 5.69 Å². The van der Waals surface area contributed by atoms with Crippen LogP contribution in [0.1, 0.15) is 30.3 Å². The number of nitrogens with zero attached hydrogens (tertiary/aromatic N) is 4. The Labute approximate surface area is 187 Å². The second-order valence-electron chi connectivity index (χ2n) is 7.75. The number of imidazole rings is 1. The van der Waals surface area contributed by atoms with Crippen molar-refractivity contribution in [3.8, 4) is 0 Å². The first-order valence-electron chi connectivity index (χ1n) is 10.6. The molecule has 0 unspecified atom stereocenters. The Kier molecular flexibility index (Phi) is 6.16. The minimum absolute atomic E-state index is 0.00691. The van der Waals surface area contributed by atoms with Gasteiger partial charge in [0.2, 0.25) is 0 Å². The number of nitro benzene ring substituents is 1. The number of nitrogens with one attached hydrogen (secondary N) is 1. The highest BCUT2D eigenvalue weighted by Gasteiger charge is 2.17. The molecule has 2 aromatic heterocycles. The van der Waals surface area contributed by atoms with Gasteiger partial charge in [0, 0.05) is 31.6 Å². The van der Waals surface area contributed by atoms with E-state index in [1.54, 1.807) is 24.3 Å². The summed E-state index contributed by atoms with van der Waals surface area (Å²) in [5.74, 6) is 0.150. The molecule has 4 rings (SSSR count). The molecule has 0 bridgehead atoms. The van der Waals surface area contributed by atoms with Gasteiger partial charge in [-0.15, -0.1) is 0 Å². The number of benzene rings is 2. The molecular weight excluding hydrogens is 429 g/mol. The number of nitro groups is 1. The van der Waals surface area contributed by atoms with E-state index < -0.39 is 16.2 Å². The first-order chi connectivity index (χ1) is 15.9. The van der Waals surface area contributed by atoms with Gasteiger partial charge in [0.25, 0.3) is 11.2 Å². The SMILES string of the molecule is CCCn1c(=O)c2[nH]c(Cc3ccc(F)cc3)nc2n(CCc2ccc([N+](=O)[O-])cc2)c1=O. The van der Waals surface area contributed by atoms with Crippen LogP contribution in [0.15, 0.2) is 58.1 Å². The zero-order valence-corrected chi connectivity index (χ0v) is 18.0.